The Kier molecular flexibility index (Phi) is 6.66. The van der Waals surface area contributed by atoms with Crippen LogP contribution in [0.5, 0.6) is 11.6 Å². The summed E-state index contributed by atoms with van der Waals surface area (Å²) < 4.78 is 12.9. The number of nitrogens with zero attached hydrogens (tertiary/aromatic N) is 4. The number of aromatic nitrogens is 2. The van der Waals surface area contributed by atoms with Gasteiger partial charge in [0.15, 0.2) is 0 Å². The number of hydrogen-bond donors (Lipinski definition) is 2. The average Bonchev–Trinajstić information content (AvgIpc) is 3.09. The van der Waals surface area contributed by atoms with Gasteiger partial charge in [-0.1, -0.05) is 12.1 Å². The van der Waals surface area contributed by atoms with Crippen molar-refractivity contribution in [2.24, 2.45) is 12.9 Å². The summed E-state index contributed by atoms with van der Waals surface area (Å²) in [6.07, 6.45) is 0. The minimum atomic E-state index is -0.420. The Bertz CT molecular complexity index is 1190. The topological polar surface area (TPSA) is 118 Å². The monoisotopic (exact) mass is 434 g/mol. The van der Waals surface area contributed by atoms with E-state index < -0.39 is 6.03 Å². The van der Waals surface area contributed by atoms with Crippen LogP contribution in [0.15, 0.2) is 36.4 Å². The number of nitriles is 1. The van der Waals surface area contributed by atoms with Crippen LogP contribution >= 0.6 is 0 Å². The molecule has 0 saturated carbocycles. The highest BCUT2D eigenvalue weighted by atomic mass is 16.5. The quantitative estimate of drug-likeness (QED) is 0.348. The van der Waals surface area contributed by atoms with Crippen LogP contribution < -0.4 is 20.6 Å². The number of methoxy groups -OCH3 is 1. The zero-order valence-electron chi connectivity index (χ0n) is 18.8. The van der Waals surface area contributed by atoms with Gasteiger partial charge in [-0.2, -0.15) is 10.4 Å². The molecule has 0 atom stereocenters. The molecule has 32 heavy (non-hydrogen) atoms. The maximum Gasteiger partial charge on any atom is 0.335 e. The van der Waals surface area contributed by atoms with Crippen LogP contribution in [-0.4, -0.2) is 35.0 Å². The highest BCUT2D eigenvalue weighted by Crippen LogP contribution is 2.32. The summed E-state index contributed by atoms with van der Waals surface area (Å²) in [6.45, 7) is 4.14. The second-order valence-electron chi connectivity index (χ2n) is 7.38. The molecule has 0 bridgehead atoms. The Balaban J connectivity index is 1.85. The lowest BCUT2D eigenvalue weighted by molar-refractivity contribution is 0.223. The maximum atomic E-state index is 12.0. The first-order valence-corrected chi connectivity index (χ1v) is 9.89. The van der Waals surface area contributed by atoms with Gasteiger partial charge in [0, 0.05) is 30.9 Å². The van der Waals surface area contributed by atoms with Crippen LogP contribution in [0.4, 0.5) is 10.5 Å². The van der Waals surface area contributed by atoms with Gasteiger partial charge in [-0.25, -0.2) is 15.3 Å². The van der Waals surface area contributed by atoms with Crippen LogP contribution in [0.3, 0.4) is 0 Å². The van der Waals surface area contributed by atoms with E-state index in [0.717, 1.165) is 27.3 Å². The van der Waals surface area contributed by atoms with E-state index in [1.807, 2.05) is 44.2 Å². The van der Waals surface area contributed by atoms with E-state index in [2.05, 4.69) is 16.5 Å². The van der Waals surface area contributed by atoms with Crippen molar-refractivity contribution >= 4 is 11.7 Å². The Morgan fingerprint density at radius 1 is 1.28 bits per heavy atom. The van der Waals surface area contributed by atoms with Gasteiger partial charge in [-0.15, -0.1) is 0 Å². The van der Waals surface area contributed by atoms with Crippen LogP contribution in [0, 0.1) is 25.2 Å². The fraction of sp³-hybridized carbons (Fsp3) is 0.261. The van der Waals surface area contributed by atoms with Crippen molar-refractivity contribution in [3.05, 3.63) is 58.7 Å². The highest BCUT2D eigenvalue weighted by Gasteiger charge is 2.19. The molecular formula is C23H26N6O3. The van der Waals surface area contributed by atoms with E-state index >= 15 is 0 Å². The first kappa shape index (κ1) is 22.7. The molecule has 0 spiro atoms. The molecule has 3 N–H and O–H groups in total. The third kappa shape index (κ3) is 4.50. The van der Waals surface area contributed by atoms with E-state index in [9.17, 15) is 10.1 Å². The summed E-state index contributed by atoms with van der Waals surface area (Å²) in [5.74, 6) is 6.62. The second kappa shape index (κ2) is 9.41. The number of benzene rings is 2. The zero-order valence-corrected chi connectivity index (χ0v) is 18.8. The van der Waals surface area contributed by atoms with E-state index in [1.165, 1.54) is 14.2 Å². The van der Waals surface area contributed by atoms with Crippen molar-refractivity contribution in [3.63, 3.8) is 0 Å². The highest BCUT2D eigenvalue weighted by molar-refractivity contribution is 5.89. The van der Waals surface area contributed by atoms with E-state index in [-0.39, 0.29) is 6.61 Å². The number of carbonyl (C=O) groups is 1. The van der Waals surface area contributed by atoms with Crippen molar-refractivity contribution < 1.29 is 14.3 Å². The van der Waals surface area contributed by atoms with Crippen molar-refractivity contribution in [2.75, 3.05) is 19.5 Å². The number of hydrogen-bond acceptors (Lipinski definition) is 6. The van der Waals surface area contributed by atoms with Gasteiger partial charge in [0.2, 0.25) is 5.88 Å². The molecule has 3 rings (SSSR count). The molecule has 1 heterocycles. The zero-order chi connectivity index (χ0) is 23.4. The number of nitrogens with two attached hydrogens (primary N) is 1. The first-order valence-electron chi connectivity index (χ1n) is 9.89. The molecule has 0 radical (unpaired) electrons. The summed E-state index contributed by atoms with van der Waals surface area (Å²) in [6, 6.07) is 13.0. The van der Waals surface area contributed by atoms with Crippen LogP contribution in [0.25, 0.3) is 11.3 Å². The molecule has 3 aromatic rings. The number of nitrogens with one attached hydrogen (secondary N) is 1. The Morgan fingerprint density at radius 2 is 2.03 bits per heavy atom. The van der Waals surface area contributed by atoms with Crippen LogP contribution in [0.2, 0.25) is 0 Å². The third-order valence-corrected chi connectivity index (χ3v) is 5.09. The number of anilines is 1. The van der Waals surface area contributed by atoms with Gasteiger partial charge in [-0.05, 0) is 49.2 Å². The summed E-state index contributed by atoms with van der Waals surface area (Å²) in [7, 11) is 4.72. The summed E-state index contributed by atoms with van der Waals surface area (Å²) in [5.41, 5.74) is 5.09. The molecule has 0 aliphatic rings. The predicted octanol–water partition coefficient (Wildman–Crippen LogP) is 3.50. The minimum Gasteiger partial charge on any atom is -0.489 e. The molecule has 0 aliphatic heterocycles. The molecule has 9 nitrogen and oxygen atoms in total. The van der Waals surface area contributed by atoms with Crippen LogP contribution in [-0.2, 0) is 13.7 Å². The van der Waals surface area contributed by atoms with Crippen molar-refractivity contribution in [2.45, 2.75) is 20.5 Å². The lowest BCUT2D eigenvalue weighted by Gasteiger charge is -2.17. The van der Waals surface area contributed by atoms with Crippen LogP contribution in [0.1, 0.15) is 22.3 Å². The van der Waals surface area contributed by atoms with Crippen molar-refractivity contribution in [1.82, 2.24) is 14.8 Å². The number of rotatable bonds is 6. The first-order chi connectivity index (χ1) is 15.3. The lowest BCUT2D eigenvalue weighted by atomic mass is 10.0. The number of carbonyl (C=O) groups excluding carboxylic acids is 1. The maximum absolute atomic E-state index is 12.0. The number of amides is 2. The fourth-order valence-electron chi connectivity index (χ4n) is 3.37. The molecule has 2 aromatic carbocycles. The molecule has 0 saturated heterocycles. The van der Waals surface area contributed by atoms with Gasteiger partial charge in [-0.3, -0.25) is 5.01 Å². The van der Waals surface area contributed by atoms with E-state index in [1.54, 1.807) is 17.8 Å². The van der Waals surface area contributed by atoms with Gasteiger partial charge in [0.25, 0.3) is 0 Å². The van der Waals surface area contributed by atoms with E-state index in [4.69, 9.17) is 15.3 Å². The number of ether oxygens (including phenoxy) is 2. The molecule has 0 aliphatic carbocycles. The molecule has 1 aromatic heterocycles. The summed E-state index contributed by atoms with van der Waals surface area (Å²) in [5, 5.41) is 17.7. The standard InChI is InChI=1S/C23H26N6O3/c1-14-7-6-8-19(26-23(30)28(3)25)18(14)13-32-20-10-9-16(11-15(20)2)21-17(12-24)22(31-5)29(4)27-21/h6-11H,13,25H2,1-5H3,(H,26,30). The van der Waals surface area contributed by atoms with Gasteiger partial charge in [0.05, 0.1) is 7.11 Å². The Labute approximate surface area is 186 Å². The number of urea groups is 1. The van der Waals surface area contributed by atoms with Gasteiger partial charge < -0.3 is 14.8 Å². The minimum absolute atomic E-state index is 0.262. The second-order valence-corrected chi connectivity index (χ2v) is 7.38. The summed E-state index contributed by atoms with van der Waals surface area (Å²) >= 11 is 0. The molecule has 166 valence electrons. The number of aryl methyl sites for hydroxylation is 3. The molecule has 9 heteroatoms. The average molecular weight is 435 g/mol. The largest absolute Gasteiger partial charge is 0.489 e. The third-order valence-electron chi connectivity index (χ3n) is 5.09. The van der Waals surface area contributed by atoms with Gasteiger partial charge in [0.1, 0.15) is 29.7 Å². The van der Waals surface area contributed by atoms with Gasteiger partial charge >= 0.3 is 6.03 Å². The molecule has 0 fully saturated rings. The fourth-order valence-corrected chi connectivity index (χ4v) is 3.37. The van der Waals surface area contributed by atoms with Crippen molar-refractivity contribution in [1.29, 1.82) is 5.26 Å². The van der Waals surface area contributed by atoms with E-state index in [0.29, 0.717) is 28.6 Å². The summed E-state index contributed by atoms with van der Waals surface area (Å²) in [4.78, 5) is 12.0. The Hall–Kier alpha value is -4.03. The SMILES string of the molecule is COc1c(C#N)c(-c2ccc(OCc3c(C)cccc3NC(=O)N(C)N)c(C)c2)nn1C. The molecule has 2 amide bonds. The molecular weight excluding hydrogens is 408 g/mol. The molecule has 0 unspecified atom stereocenters. The lowest BCUT2D eigenvalue weighted by Crippen LogP contribution is -2.37. The smallest absolute Gasteiger partial charge is 0.335 e. The Morgan fingerprint density at radius 3 is 2.66 bits per heavy atom. The van der Waals surface area contributed by atoms with Crippen molar-refractivity contribution in [3.8, 4) is 29.0 Å². The predicted molar refractivity (Wildman–Crippen MR) is 121 cm³/mol. The number of hydrazine groups is 1. The normalized spacial score (nSPS) is 10.4.